The van der Waals surface area contributed by atoms with E-state index in [1.54, 1.807) is 0 Å². The Morgan fingerprint density at radius 1 is 1.30 bits per heavy atom. The van der Waals surface area contributed by atoms with Crippen LogP contribution in [0.2, 0.25) is 0 Å². The van der Waals surface area contributed by atoms with Crippen molar-refractivity contribution in [2.75, 3.05) is 20.1 Å². The third kappa shape index (κ3) is 3.70. The summed E-state index contributed by atoms with van der Waals surface area (Å²) in [5.74, 6) is 0.910. The van der Waals surface area contributed by atoms with Gasteiger partial charge in [0, 0.05) is 24.5 Å². The van der Waals surface area contributed by atoms with E-state index in [1.807, 2.05) is 18.2 Å². The van der Waals surface area contributed by atoms with Gasteiger partial charge in [0.1, 0.15) is 17.5 Å². The van der Waals surface area contributed by atoms with Gasteiger partial charge in [-0.05, 0) is 38.4 Å². The number of hydrogen-bond donors (Lipinski definition) is 1. The van der Waals surface area contributed by atoms with Crippen molar-refractivity contribution in [1.82, 2.24) is 14.8 Å². The Balaban J connectivity index is 1.43. The lowest BCUT2D eigenvalue weighted by molar-refractivity contribution is 0.0929. The summed E-state index contributed by atoms with van der Waals surface area (Å²) >= 11 is 0. The molecule has 0 radical (unpaired) electrons. The monoisotopic (exact) mass is 369 g/mol. The molecule has 2 aliphatic rings. The number of carbonyl (C=O) groups is 1. The Labute approximate surface area is 161 Å². The predicted molar refractivity (Wildman–Crippen MR) is 108 cm³/mol. The van der Waals surface area contributed by atoms with Gasteiger partial charge < -0.3 is 19.5 Å². The SMILES string of the molecule is CCC1Cn2c(C(=O)NCCN(C)C3CCCCC3)cc3cccc(c32)O1. The second-order valence-corrected chi connectivity index (χ2v) is 8.01. The molecular formula is C22H31N3O2. The van der Waals surface area contributed by atoms with Crippen LogP contribution in [0.15, 0.2) is 24.3 Å². The molecule has 1 unspecified atom stereocenters. The number of rotatable bonds is 6. The Kier molecular flexibility index (Phi) is 5.39. The van der Waals surface area contributed by atoms with E-state index in [0.29, 0.717) is 12.6 Å². The maximum Gasteiger partial charge on any atom is 0.267 e. The first kappa shape index (κ1) is 18.4. The molecule has 1 aromatic carbocycles. The van der Waals surface area contributed by atoms with Crippen molar-refractivity contribution in [1.29, 1.82) is 0 Å². The smallest absolute Gasteiger partial charge is 0.267 e. The van der Waals surface area contributed by atoms with Crippen LogP contribution in [-0.4, -0.2) is 47.7 Å². The minimum atomic E-state index is 0.0194. The molecule has 1 fully saturated rings. The van der Waals surface area contributed by atoms with Crippen molar-refractivity contribution < 1.29 is 9.53 Å². The van der Waals surface area contributed by atoms with Crippen molar-refractivity contribution in [3.05, 3.63) is 30.0 Å². The van der Waals surface area contributed by atoms with Crippen LogP contribution in [-0.2, 0) is 6.54 Å². The highest BCUT2D eigenvalue weighted by Crippen LogP contribution is 2.34. The second kappa shape index (κ2) is 7.93. The molecule has 5 heteroatoms. The largest absolute Gasteiger partial charge is 0.486 e. The van der Waals surface area contributed by atoms with Gasteiger partial charge in [-0.15, -0.1) is 0 Å². The lowest BCUT2D eigenvalue weighted by atomic mass is 9.94. The summed E-state index contributed by atoms with van der Waals surface area (Å²) in [4.78, 5) is 15.3. The molecule has 4 rings (SSSR count). The summed E-state index contributed by atoms with van der Waals surface area (Å²) in [5.41, 5.74) is 1.80. The maximum atomic E-state index is 12.9. The van der Waals surface area contributed by atoms with E-state index in [4.69, 9.17) is 4.74 Å². The van der Waals surface area contributed by atoms with Gasteiger partial charge in [-0.3, -0.25) is 4.79 Å². The Morgan fingerprint density at radius 2 is 2.11 bits per heavy atom. The molecule has 0 saturated heterocycles. The van der Waals surface area contributed by atoms with Crippen molar-refractivity contribution in [3.8, 4) is 5.75 Å². The van der Waals surface area contributed by atoms with Crippen molar-refractivity contribution >= 4 is 16.8 Å². The number of hydrogen-bond acceptors (Lipinski definition) is 3. The zero-order valence-corrected chi connectivity index (χ0v) is 16.5. The molecule has 2 heterocycles. The van der Waals surface area contributed by atoms with Crippen molar-refractivity contribution in [3.63, 3.8) is 0 Å². The number of ether oxygens (including phenoxy) is 1. The van der Waals surface area contributed by atoms with Gasteiger partial charge in [0.2, 0.25) is 0 Å². The van der Waals surface area contributed by atoms with E-state index in [-0.39, 0.29) is 12.0 Å². The minimum Gasteiger partial charge on any atom is -0.486 e. The second-order valence-electron chi connectivity index (χ2n) is 8.01. The number of amides is 1. The molecule has 2 aromatic rings. The third-order valence-electron chi connectivity index (χ3n) is 6.20. The molecular weight excluding hydrogens is 338 g/mol. The summed E-state index contributed by atoms with van der Waals surface area (Å²) in [6, 6.07) is 8.74. The van der Waals surface area contributed by atoms with Crippen LogP contribution in [0.25, 0.3) is 10.9 Å². The standard InChI is InChI=1S/C22H31N3O2/c1-3-18-15-25-19(14-16-8-7-11-20(27-18)21(16)25)22(26)23-12-13-24(2)17-9-5-4-6-10-17/h7-8,11,14,17-18H,3-6,9-10,12-13,15H2,1-2H3,(H,23,26). The van der Waals surface area contributed by atoms with E-state index in [1.165, 1.54) is 32.1 Å². The molecule has 1 saturated carbocycles. The fraction of sp³-hybridized carbons (Fsp3) is 0.591. The third-order valence-corrected chi connectivity index (χ3v) is 6.20. The van der Waals surface area contributed by atoms with Gasteiger partial charge >= 0.3 is 0 Å². The van der Waals surface area contributed by atoms with Crippen LogP contribution in [0.1, 0.15) is 55.9 Å². The van der Waals surface area contributed by atoms with Crippen LogP contribution in [0.3, 0.4) is 0 Å². The Morgan fingerprint density at radius 3 is 2.89 bits per heavy atom. The fourth-order valence-corrected chi connectivity index (χ4v) is 4.54. The molecule has 27 heavy (non-hydrogen) atoms. The molecule has 5 nitrogen and oxygen atoms in total. The first-order chi connectivity index (χ1) is 13.2. The summed E-state index contributed by atoms with van der Waals surface area (Å²) in [7, 11) is 2.19. The van der Waals surface area contributed by atoms with Gasteiger partial charge in [-0.25, -0.2) is 0 Å². The normalized spacial score (nSPS) is 20.0. The minimum absolute atomic E-state index is 0.0194. The summed E-state index contributed by atoms with van der Waals surface area (Å²) < 4.78 is 8.21. The van der Waals surface area contributed by atoms with Gasteiger partial charge in [-0.2, -0.15) is 0 Å². The van der Waals surface area contributed by atoms with Crippen LogP contribution in [0, 0.1) is 0 Å². The number of carbonyl (C=O) groups excluding carboxylic acids is 1. The molecule has 1 aliphatic heterocycles. The zero-order valence-electron chi connectivity index (χ0n) is 16.5. The molecule has 1 aromatic heterocycles. The van der Waals surface area contributed by atoms with E-state index in [9.17, 15) is 4.79 Å². The topological polar surface area (TPSA) is 46.5 Å². The quantitative estimate of drug-likeness (QED) is 0.842. The van der Waals surface area contributed by atoms with Crippen LogP contribution in [0.5, 0.6) is 5.75 Å². The maximum absolute atomic E-state index is 12.9. The van der Waals surface area contributed by atoms with Crippen LogP contribution < -0.4 is 10.1 Å². The number of benzene rings is 1. The summed E-state index contributed by atoms with van der Waals surface area (Å²) in [5, 5.41) is 4.21. The lowest BCUT2D eigenvalue weighted by Gasteiger charge is -2.31. The van der Waals surface area contributed by atoms with E-state index < -0.39 is 0 Å². The number of likely N-dealkylation sites (N-methyl/N-ethyl adjacent to an activating group) is 1. The summed E-state index contributed by atoms with van der Waals surface area (Å²) in [6.45, 7) is 4.46. The number of nitrogens with one attached hydrogen (secondary N) is 1. The first-order valence-corrected chi connectivity index (χ1v) is 10.4. The van der Waals surface area contributed by atoms with E-state index in [0.717, 1.165) is 41.9 Å². The molecule has 1 N–H and O–H groups in total. The van der Waals surface area contributed by atoms with Crippen LogP contribution in [0.4, 0.5) is 0 Å². The molecule has 0 bridgehead atoms. The average Bonchev–Trinajstić information content (AvgIpc) is 3.08. The first-order valence-electron chi connectivity index (χ1n) is 10.4. The molecule has 1 atom stereocenters. The number of aromatic nitrogens is 1. The average molecular weight is 370 g/mol. The molecule has 0 spiro atoms. The van der Waals surface area contributed by atoms with Gasteiger partial charge in [0.25, 0.3) is 5.91 Å². The molecule has 146 valence electrons. The highest BCUT2D eigenvalue weighted by molar-refractivity contribution is 6.00. The molecule has 1 amide bonds. The highest BCUT2D eigenvalue weighted by Gasteiger charge is 2.25. The van der Waals surface area contributed by atoms with Gasteiger partial charge in [0.05, 0.1) is 12.1 Å². The number of para-hydroxylation sites is 1. The van der Waals surface area contributed by atoms with Crippen molar-refractivity contribution in [2.24, 2.45) is 0 Å². The van der Waals surface area contributed by atoms with E-state index >= 15 is 0 Å². The fourth-order valence-electron chi connectivity index (χ4n) is 4.54. The molecule has 1 aliphatic carbocycles. The summed E-state index contributed by atoms with van der Waals surface area (Å²) in [6.07, 6.45) is 7.69. The van der Waals surface area contributed by atoms with Gasteiger partial charge in [-0.1, -0.05) is 38.3 Å². The highest BCUT2D eigenvalue weighted by atomic mass is 16.5. The zero-order chi connectivity index (χ0) is 18.8. The predicted octanol–water partition coefficient (Wildman–Crippen LogP) is 3.81. The lowest BCUT2D eigenvalue weighted by Crippen LogP contribution is -2.40. The van der Waals surface area contributed by atoms with Crippen LogP contribution >= 0.6 is 0 Å². The Hall–Kier alpha value is -2.01. The number of nitrogens with zero attached hydrogens (tertiary/aromatic N) is 2. The van der Waals surface area contributed by atoms with Gasteiger partial charge in [0.15, 0.2) is 0 Å². The van der Waals surface area contributed by atoms with E-state index in [2.05, 4.69) is 34.8 Å². The van der Waals surface area contributed by atoms with Crippen molar-refractivity contribution in [2.45, 2.75) is 64.1 Å². The Bertz CT molecular complexity index is 807.